The van der Waals surface area contributed by atoms with E-state index in [1.54, 1.807) is 6.92 Å². The van der Waals surface area contributed by atoms with E-state index >= 15 is 0 Å². The summed E-state index contributed by atoms with van der Waals surface area (Å²) in [4.78, 5) is 17.1. The zero-order chi connectivity index (χ0) is 23.0. The Bertz CT molecular complexity index is 1300. The topological polar surface area (TPSA) is 86.3 Å². The molecule has 0 bridgehead atoms. The van der Waals surface area contributed by atoms with E-state index in [1.807, 2.05) is 66.4 Å². The molecule has 0 saturated heterocycles. The summed E-state index contributed by atoms with van der Waals surface area (Å²) in [6.45, 7) is 5.91. The molecule has 0 aliphatic rings. The van der Waals surface area contributed by atoms with Crippen LogP contribution in [0.5, 0.6) is 0 Å². The maximum atomic E-state index is 12.7. The minimum Gasteiger partial charge on any atom is -0.461 e. The molecule has 3 aromatic heterocycles. The number of carbonyl (C=O) groups is 1. The van der Waals surface area contributed by atoms with Crippen molar-refractivity contribution in [1.29, 1.82) is 0 Å². The Morgan fingerprint density at radius 1 is 1.25 bits per heavy atom. The van der Waals surface area contributed by atoms with Crippen LogP contribution in [0.1, 0.15) is 46.1 Å². The Morgan fingerprint density at radius 3 is 2.66 bits per heavy atom. The molecule has 0 spiro atoms. The fraction of sp³-hybridized carbons (Fsp3) is 0.273. The minimum absolute atomic E-state index is 0.243. The maximum absolute atomic E-state index is 12.7. The van der Waals surface area contributed by atoms with Crippen LogP contribution in [0.15, 0.2) is 41.3 Å². The van der Waals surface area contributed by atoms with E-state index in [2.05, 4.69) is 36.4 Å². The van der Waals surface area contributed by atoms with Crippen LogP contribution in [0.25, 0.3) is 5.65 Å². The SMILES string of the molecule is CCOC(=O)c1nc(Br)n(C)c1C(Nc1cc(C)c2nnc(C)n2c1)c1ccc(Cl)cc1. The molecule has 0 fully saturated rings. The van der Waals surface area contributed by atoms with E-state index in [1.165, 1.54) is 0 Å². The van der Waals surface area contributed by atoms with Crippen molar-refractivity contribution in [2.75, 3.05) is 11.9 Å². The van der Waals surface area contributed by atoms with Crippen LogP contribution in [0.4, 0.5) is 5.69 Å². The number of halogens is 2. The van der Waals surface area contributed by atoms with Crippen molar-refractivity contribution >= 4 is 44.8 Å². The molecule has 3 heterocycles. The first-order chi connectivity index (χ1) is 15.3. The number of imidazole rings is 1. The number of aryl methyl sites for hydroxylation is 2. The second kappa shape index (κ2) is 8.91. The van der Waals surface area contributed by atoms with Gasteiger partial charge in [0.2, 0.25) is 0 Å². The van der Waals surface area contributed by atoms with Crippen LogP contribution in [0.3, 0.4) is 0 Å². The lowest BCUT2D eigenvalue weighted by Crippen LogP contribution is -2.20. The number of nitrogens with one attached hydrogen (secondary N) is 1. The highest BCUT2D eigenvalue weighted by Gasteiger charge is 2.29. The number of pyridine rings is 1. The maximum Gasteiger partial charge on any atom is 0.358 e. The number of anilines is 1. The number of nitrogens with zero attached hydrogens (tertiary/aromatic N) is 5. The summed E-state index contributed by atoms with van der Waals surface area (Å²) in [5, 5.41) is 12.6. The van der Waals surface area contributed by atoms with Gasteiger partial charge in [-0.1, -0.05) is 23.7 Å². The first kappa shape index (κ1) is 22.3. The van der Waals surface area contributed by atoms with Crippen molar-refractivity contribution in [2.24, 2.45) is 7.05 Å². The van der Waals surface area contributed by atoms with Crippen LogP contribution in [-0.4, -0.2) is 36.7 Å². The van der Waals surface area contributed by atoms with Crippen LogP contribution >= 0.6 is 27.5 Å². The highest BCUT2D eigenvalue weighted by molar-refractivity contribution is 9.10. The third-order valence-electron chi connectivity index (χ3n) is 5.20. The lowest BCUT2D eigenvalue weighted by molar-refractivity contribution is 0.0518. The molecule has 4 aromatic rings. The second-order valence-corrected chi connectivity index (χ2v) is 8.52. The van der Waals surface area contributed by atoms with Gasteiger partial charge in [-0.25, -0.2) is 9.78 Å². The van der Waals surface area contributed by atoms with Crippen LogP contribution in [-0.2, 0) is 11.8 Å². The van der Waals surface area contributed by atoms with E-state index in [-0.39, 0.29) is 12.3 Å². The lowest BCUT2D eigenvalue weighted by atomic mass is 10.0. The first-order valence-corrected chi connectivity index (χ1v) is 11.2. The van der Waals surface area contributed by atoms with E-state index < -0.39 is 12.0 Å². The van der Waals surface area contributed by atoms with Gasteiger partial charge in [0.25, 0.3) is 0 Å². The highest BCUT2D eigenvalue weighted by Crippen LogP contribution is 2.32. The summed E-state index contributed by atoms with van der Waals surface area (Å²) in [5.74, 6) is 0.302. The van der Waals surface area contributed by atoms with Gasteiger partial charge >= 0.3 is 5.97 Å². The first-order valence-electron chi connectivity index (χ1n) is 10.0. The third kappa shape index (κ3) is 4.10. The average molecular weight is 518 g/mol. The summed E-state index contributed by atoms with van der Waals surface area (Å²) >= 11 is 9.58. The van der Waals surface area contributed by atoms with Gasteiger partial charge < -0.3 is 14.6 Å². The zero-order valence-corrected chi connectivity index (χ0v) is 20.4. The van der Waals surface area contributed by atoms with Gasteiger partial charge in [-0.15, -0.1) is 10.2 Å². The van der Waals surface area contributed by atoms with E-state index in [9.17, 15) is 4.79 Å². The summed E-state index contributed by atoms with van der Waals surface area (Å²) < 4.78 is 9.55. The molecular formula is C22H22BrClN6O2. The number of esters is 1. The Hall–Kier alpha value is -2.91. The molecule has 8 nitrogen and oxygen atoms in total. The van der Waals surface area contributed by atoms with Crippen molar-refractivity contribution in [1.82, 2.24) is 24.1 Å². The molecule has 0 saturated carbocycles. The Labute approximate surface area is 198 Å². The average Bonchev–Trinajstić information content (AvgIpc) is 3.27. The minimum atomic E-state index is -0.481. The van der Waals surface area contributed by atoms with Crippen LogP contribution < -0.4 is 5.32 Å². The number of ether oxygens (including phenoxy) is 1. The van der Waals surface area contributed by atoms with Crippen LogP contribution in [0, 0.1) is 13.8 Å². The molecule has 1 unspecified atom stereocenters. The molecule has 0 radical (unpaired) electrons. The van der Waals surface area contributed by atoms with Crippen molar-refractivity contribution in [3.8, 4) is 0 Å². The largest absolute Gasteiger partial charge is 0.461 e. The number of rotatable bonds is 6. The molecule has 32 heavy (non-hydrogen) atoms. The number of hydrogen-bond acceptors (Lipinski definition) is 6. The lowest BCUT2D eigenvalue weighted by Gasteiger charge is -2.23. The molecule has 0 aliphatic heterocycles. The Kier molecular flexibility index (Phi) is 6.21. The molecule has 1 atom stereocenters. The highest BCUT2D eigenvalue weighted by atomic mass is 79.9. The molecule has 4 rings (SSSR count). The summed E-state index contributed by atoms with van der Waals surface area (Å²) in [7, 11) is 1.85. The molecule has 0 aliphatic carbocycles. The normalized spacial score (nSPS) is 12.2. The summed E-state index contributed by atoms with van der Waals surface area (Å²) in [5.41, 5.74) is 4.43. The smallest absolute Gasteiger partial charge is 0.358 e. The van der Waals surface area contributed by atoms with E-state index in [0.717, 1.165) is 28.3 Å². The van der Waals surface area contributed by atoms with Gasteiger partial charge in [-0.05, 0) is 66.0 Å². The molecule has 1 N–H and O–H groups in total. The van der Waals surface area contributed by atoms with Crippen molar-refractivity contribution in [3.63, 3.8) is 0 Å². The molecular weight excluding hydrogens is 496 g/mol. The fourth-order valence-corrected chi connectivity index (χ4v) is 4.13. The van der Waals surface area contributed by atoms with Gasteiger partial charge in [0.1, 0.15) is 5.82 Å². The van der Waals surface area contributed by atoms with Gasteiger partial charge in [0.05, 0.1) is 24.0 Å². The fourth-order valence-electron chi connectivity index (χ4n) is 3.64. The molecule has 0 amide bonds. The van der Waals surface area contributed by atoms with Gasteiger partial charge in [-0.3, -0.25) is 4.40 Å². The van der Waals surface area contributed by atoms with Crippen molar-refractivity contribution in [2.45, 2.75) is 26.8 Å². The predicted molar refractivity (Wildman–Crippen MR) is 126 cm³/mol. The summed E-state index contributed by atoms with van der Waals surface area (Å²) in [6, 6.07) is 9.07. The number of fused-ring (bicyclic) bond motifs is 1. The number of benzene rings is 1. The van der Waals surface area contributed by atoms with Gasteiger partial charge in [0, 0.05) is 18.3 Å². The third-order valence-corrected chi connectivity index (χ3v) is 6.16. The van der Waals surface area contributed by atoms with E-state index in [4.69, 9.17) is 16.3 Å². The van der Waals surface area contributed by atoms with Gasteiger partial charge in [-0.2, -0.15) is 0 Å². The molecule has 10 heteroatoms. The molecule has 1 aromatic carbocycles. The summed E-state index contributed by atoms with van der Waals surface area (Å²) in [6.07, 6.45) is 1.94. The van der Waals surface area contributed by atoms with Gasteiger partial charge in [0.15, 0.2) is 16.1 Å². The van der Waals surface area contributed by atoms with E-state index in [0.29, 0.717) is 15.5 Å². The number of aromatic nitrogens is 5. The predicted octanol–water partition coefficient (Wildman–Crippen LogP) is 4.87. The molecule has 166 valence electrons. The second-order valence-electron chi connectivity index (χ2n) is 7.38. The standard InChI is InChI=1S/C22H22BrClN6O2/c1-5-32-21(31)18-19(29(4)22(23)26-18)17(14-6-8-15(24)9-7-14)25-16-10-12(2)20-28-27-13(3)30(20)11-16/h6-11,17,25H,5H2,1-4H3. The number of carbonyl (C=O) groups excluding carboxylic acids is 1. The number of hydrogen-bond donors (Lipinski definition) is 1. The van der Waals surface area contributed by atoms with Crippen LogP contribution in [0.2, 0.25) is 5.02 Å². The monoisotopic (exact) mass is 516 g/mol. The Balaban J connectivity index is 1.87. The van der Waals surface area contributed by atoms with Crippen molar-refractivity contribution in [3.05, 3.63) is 74.6 Å². The quantitative estimate of drug-likeness (QED) is 0.367. The Morgan fingerprint density at radius 2 is 1.97 bits per heavy atom. The zero-order valence-electron chi connectivity index (χ0n) is 18.1. The van der Waals surface area contributed by atoms with Crippen molar-refractivity contribution < 1.29 is 9.53 Å².